The van der Waals surface area contributed by atoms with Gasteiger partial charge in [0.25, 0.3) is 11.8 Å². The lowest BCUT2D eigenvalue weighted by molar-refractivity contribution is 0.0633. The van der Waals surface area contributed by atoms with E-state index in [2.05, 4.69) is 12.2 Å². The molecule has 2 aromatic carbocycles. The van der Waals surface area contributed by atoms with E-state index >= 15 is 0 Å². The summed E-state index contributed by atoms with van der Waals surface area (Å²) in [5.41, 5.74) is 2.62. The zero-order valence-electron chi connectivity index (χ0n) is 18.2. The molecule has 0 saturated carbocycles. The first-order valence-corrected chi connectivity index (χ1v) is 10.9. The molecular formula is C25H32N2O3. The highest BCUT2D eigenvalue weighted by Gasteiger charge is 2.25. The Morgan fingerprint density at radius 3 is 2.37 bits per heavy atom. The number of ether oxygens (including phenoxy) is 1. The summed E-state index contributed by atoms with van der Waals surface area (Å²) < 4.78 is 5.96. The number of nitrogens with zero attached hydrogens (tertiary/aromatic N) is 1. The zero-order valence-corrected chi connectivity index (χ0v) is 18.2. The van der Waals surface area contributed by atoms with Crippen LogP contribution in [-0.2, 0) is 6.42 Å². The Hall–Kier alpha value is -2.82. The van der Waals surface area contributed by atoms with E-state index < -0.39 is 0 Å². The Bertz CT molecular complexity index is 844. The number of hydrogen-bond donors (Lipinski definition) is 1. The average Bonchev–Trinajstić information content (AvgIpc) is 2.77. The maximum Gasteiger partial charge on any atom is 0.253 e. The van der Waals surface area contributed by atoms with Gasteiger partial charge in [-0.25, -0.2) is 0 Å². The van der Waals surface area contributed by atoms with Crippen LogP contribution >= 0.6 is 0 Å². The number of aryl methyl sites for hydroxylation is 1. The summed E-state index contributed by atoms with van der Waals surface area (Å²) in [6, 6.07) is 15.2. The lowest BCUT2D eigenvalue weighted by atomic mass is 9.98. The third-order valence-corrected chi connectivity index (χ3v) is 5.44. The van der Waals surface area contributed by atoms with Crippen LogP contribution in [0.1, 0.15) is 59.9 Å². The van der Waals surface area contributed by atoms with Crippen molar-refractivity contribution in [2.45, 2.75) is 46.1 Å². The molecule has 1 aliphatic rings. The highest BCUT2D eigenvalue weighted by molar-refractivity contribution is 5.94. The molecule has 0 bridgehead atoms. The first-order chi connectivity index (χ1) is 14.5. The predicted molar refractivity (Wildman–Crippen MR) is 119 cm³/mol. The molecule has 1 heterocycles. The van der Waals surface area contributed by atoms with Crippen molar-refractivity contribution in [3.8, 4) is 5.75 Å². The van der Waals surface area contributed by atoms with Crippen molar-refractivity contribution in [1.82, 2.24) is 10.2 Å². The predicted octanol–water partition coefficient (Wildman–Crippen LogP) is 4.32. The van der Waals surface area contributed by atoms with Crippen LogP contribution in [0.4, 0.5) is 0 Å². The number of carbonyl (C=O) groups is 2. The number of amides is 2. The number of carbonyl (C=O) groups excluding carboxylic acids is 2. The van der Waals surface area contributed by atoms with Crippen LogP contribution in [0.3, 0.4) is 0 Å². The summed E-state index contributed by atoms with van der Waals surface area (Å²) in [5, 5.41) is 2.88. The SMILES string of the molecule is CCc1ccc(C(=O)N2CCCC(COc3ccc(C(=O)NC(C)C)cc3)C2)cc1. The van der Waals surface area contributed by atoms with Gasteiger partial charge in [0.2, 0.25) is 0 Å². The van der Waals surface area contributed by atoms with Gasteiger partial charge in [-0.2, -0.15) is 0 Å². The molecule has 5 nitrogen and oxygen atoms in total. The Kier molecular flexibility index (Phi) is 7.50. The molecule has 5 heteroatoms. The van der Waals surface area contributed by atoms with E-state index in [1.54, 1.807) is 12.1 Å². The van der Waals surface area contributed by atoms with Crippen LogP contribution in [0.5, 0.6) is 5.75 Å². The lowest BCUT2D eigenvalue weighted by Gasteiger charge is -2.32. The zero-order chi connectivity index (χ0) is 21.5. The minimum atomic E-state index is -0.0787. The minimum Gasteiger partial charge on any atom is -0.493 e. The van der Waals surface area contributed by atoms with Crippen molar-refractivity contribution in [2.75, 3.05) is 19.7 Å². The van der Waals surface area contributed by atoms with Gasteiger partial charge in [0.1, 0.15) is 5.75 Å². The number of piperidine rings is 1. The van der Waals surface area contributed by atoms with Gasteiger partial charge in [-0.15, -0.1) is 0 Å². The Morgan fingerprint density at radius 2 is 1.73 bits per heavy atom. The van der Waals surface area contributed by atoms with Crippen molar-refractivity contribution in [2.24, 2.45) is 5.92 Å². The van der Waals surface area contributed by atoms with E-state index in [-0.39, 0.29) is 17.9 Å². The summed E-state index contributed by atoms with van der Waals surface area (Å²) in [7, 11) is 0. The fraction of sp³-hybridized carbons (Fsp3) is 0.440. The molecule has 1 unspecified atom stereocenters. The standard InChI is InChI=1S/C25H32N2O3/c1-4-19-7-9-22(10-8-19)25(29)27-15-5-6-20(16-27)17-30-23-13-11-21(12-14-23)24(28)26-18(2)3/h7-14,18,20H,4-6,15-17H2,1-3H3,(H,26,28). The first-order valence-electron chi connectivity index (χ1n) is 10.9. The first kappa shape index (κ1) is 21.9. The van der Waals surface area contributed by atoms with E-state index in [1.165, 1.54) is 5.56 Å². The smallest absolute Gasteiger partial charge is 0.253 e. The lowest BCUT2D eigenvalue weighted by Crippen LogP contribution is -2.41. The highest BCUT2D eigenvalue weighted by atomic mass is 16.5. The van der Waals surface area contributed by atoms with Gasteiger partial charge in [0, 0.05) is 36.2 Å². The van der Waals surface area contributed by atoms with Crippen LogP contribution < -0.4 is 10.1 Å². The fourth-order valence-corrected chi connectivity index (χ4v) is 3.71. The average molecular weight is 409 g/mol. The van der Waals surface area contributed by atoms with Gasteiger partial charge in [0.05, 0.1) is 6.61 Å². The third-order valence-electron chi connectivity index (χ3n) is 5.44. The van der Waals surface area contributed by atoms with Crippen molar-refractivity contribution in [1.29, 1.82) is 0 Å². The molecule has 1 aliphatic heterocycles. The largest absolute Gasteiger partial charge is 0.493 e. The summed E-state index contributed by atoms with van der Waals surface area (Å²) in [4.78, 5) is 26.8. The second kappa shape index (κ2) is 10.3. The quantitative estimate of drug-likeness (QED) is 0.742. The topological polar surface area (TPSA) is 58.6 Å². The Balaban J connectivity index is 1.52. The molecule has 0 aromatic heterocycles. The molecule has 1 fully saturated rings. The molecule has 0 spiro atoms. The van der Waals surface area contributed by atoms with Gasteiger partial charge >= 0.3 is 0 Å². The van der Waals surface area contributed by atoms with Gasteiger partial charge in [-0.1, -0.05) is 19.1 Å². The van der Waals surface area contributed by atoms with E-state index in [4.69, 9.17) is 4.74 Å². The van der Waals surface area contributed by atoms with Crippen LogP contribution in [-0.4, -0.2) is 42.5 Å². The molecule has 1 saturated heterocycles. The highest BCUT2D eigenvalue weighted by Crippen LogP contribution is 2.21. The number of likely N-dealkylation sites (tertiary alicyclic amines) is 1. The molecule has 2 amide bonds. The monoisotopic (exact) mass is 408 g/mol. The van der Waals surface area contributed by atoms with E-state index in [0.29, 0.717) is 24.6 Å². The van der Waals surface area contributed by atoms with Crippen LogP contribution in [0, 0.1) is 5.92 Å². The summed E-state index contributed by atoms with van der Waals surface area (Å²) >= 11 is 0. The fourth-order valence-electron chi connectivity index (χ4n) is 3.71. The molecule has 0 radical (unpaired) electrons. The Morgan fingerprint density at radius 1 is 1.07 bits per heavy atom. The molecule has 30 heavy (non-hydrogen) atoms. The normalized spacial score (nSPS) is 16.4. The van der Waals surface area contributed by atoms with E-state index in [9.17, 15) is 9.59 Å². The number of benzene rings is 2. The molecule has 1 atom stereocenters. The van der Waals surface area contributed by atoms with Crippen LogP contribution in [0.25, 0.3) is 0 Å². The number of nitrogens with one attached hydrogen (secondary N) is 1. The van der Waals surface area contributed by atoms with Crippen molar-refractivity contribution < 1.29 is 14.3 Å². The van der Waals surface area contributed by atoms with Gasteiger partial charge < -0.3 is 15.0 Å². The molecule has 0 aliphatic carbocycles. The minimum absolute atomic E-state index is 0.0787. The maximum atomic E-state index is 12.8. The van der Waals surface area contributed by atoms with Gasteiger partial charge in [-0.3, -0.25) is 9.59 Å². The Labute approximate surface area is 179 Å². The second-order valence-corrected chi connectivity index (χ2v) is 8.27. The molecule has 2 aromatic rings. The third kappa shape index (κ3) is 5.85. The summed E-state index contributed by atoms with van der Waals surface area (Å²) in [5.74, 6) is 1.07. The van der Waals surface area contributed by atoms with Crippen molar-refractivity contribution in [3.63, 3.8) is 0 Å². The maximum absolute atomic E-state index is 12.8. The molecular weight excluding hydrogens is 376 g/mol. The van der Waals surface area contributed by atoms with Gasteiger partial charge in [-0.05, 0) is 75.1 Å². The van der Waals surface area contributed by atoms with Crippen LogP contribution in [0.15, 0.2) is 48.5 Å². The molecule has 160 valence electrons. The number of hydrogen-bond acceptors (Lipinski definition) is 3. The summed E-state index contributed by atoms with van der Waals surface area (Å²) in [6.07, 6.45) is 3.01. The van der Waals surface area contributed by atoms with Crippen molar-refractivity contribution in [3.05, 3.63) is 65.2 Å². The summed E-state index contributed by atoms with van der Waals surface area (Å²) in [6.45, 7) is 8.06. The molecule has 3 rings (SSSR count). The molecule has 1 N–H and O–H groups in total. The van der Waals surface area contributed by atoms with Gasteiger partial charge in [0.15, 0.2) is 0 Å². The number of rotatable bonds is 7. The van der Waals surface area contributed by atoms with E-state index in [0.717, 1.165) is 37.1 Å². The van der Waals surface area contributed by atoms with Crippen LogP contribution in [0.2, 0.25) is 0 Å². The van der Waals surface area contributed by atoms with Crippen molar-refractivity contribution >= 4 is 11.8 Å². The van der Waals surface area contributed by atoms with E-state index in [1.807, 2.05) is 55.1 Å². The second-order valence-electron chi connectivity index (χ2n) is 8.27.